The summed E-state index contributed by atoms with van der Waals surface area (Å²) in [5, 5.41) is 5.99. The Balaban J connectivity index is 1.98. The number of methoxy groups -OCH3 is 1. The van der Waals surface area contributed by atoms with Gasteiger partial charge in [0, 0.05) is 29.8 Å². The summed E-state index contributed by atoms with van der Waals surface area (Å²) in [6, 6.07) is 11.6. The summed E-state index contributed by atoms with van der Waals surface area (Å²) >= 11 is 0. The molecule has 0 radical (unpaired) electrons. The van der Waals surface area contributed by atoms with Crippen molar-refractivity contribution in [3.63, 3.8) is 0 Å². The molecule has 0 aliphatic rings. The topological polar surface area (TPSA) is 63.2 Å². The summed E-state index contributed by atoms with van der Waals surface area (Å²) in [6.07, 6.45) is 3.07. The van der Waals surface area contributed by atoms with Gasteiger partial charge in [-0.15, -0.1) is 0 Å². The number of carbonyl (C=O) groups excluding carboxylic acids is 1. The number of amides is 1. The second kappa shape index (κ2) is 6.56. The van der Waals surface area contributed by atoms with Crippen LogP contribution in [0.15, 0.2) is 48.8 Å². The maximum atomic E-state index is 11.1. The Labute approximate surface area is 118 Å². The molecule has 1 unspecified atom stereocenters. The van der Waals surface area contributed by atoms with Crippen molar-refractivity contribution in [1.29, 1.82) is 0 Å². The van der Waals surface area contributed by atoms with Gasteiger partial charge in [-0.25, -0.2) is 4.79 Å². The molecule has 1 aromatic carbocycles. The maximum Gasteiger partial charge on any atom is 0.411 e. The predicted octanol–water partition coefficient (Wildman–Crippen LogP) is 3.43. The van der Waals surface area contributed by atoms with Gasteiger partial charge >= 0.3 is 6.09 Å². The molecular formula is C15H17N3O2. The van der Waals surface area contributed by atoms with Crippen LogP contribution in [-0.4, -0.2) is 18.2 Å². The van der Waals surface area contributed by atoms with E-state index in [9.17, 15) is 4.79 Å². The van der Waals surface area contributed by atoms with Gasteiger partial charge in [-0.2, -0.15) is 0 Å². The van der Waals surface area contributed by atoms with E-state index in [4.69, 9.17) is 0 Å². The number of benzene rings is 1. The van der Waals surface area contributed by atoms with E-state index >= 15 is 0 Å². The lowest BCUT2D eigenvalue weighted by atomic mass is 10.1. The van der Waals surface area contributed by atoms with Crippen molar-refractivity contribution in [1.82, 2.24) is 4.98 Å². The SMILES string of the molecule is COC(=O)Nc1ccc(NC(C)c2ccncc2)cc1. The zero-order valence-electron chi connectivity index (χ0n) is 11.5. The molecule has 1 heterocycles. The Hall–Kier alpha value is -2.56. The van der Waals surface area contributed by atoms with Gasteiger partial charge in [0.2, 0.25) is 0 Å². The van der Waals surface area contributed by atoms with Crippen LogP contribution >= 0.6 is 0 Å². The largest absolute Gasteiger partial charge is 0.453 e. The lowest BCUT2D eigenvalue weighted by Crippen LogP contribution is -2.11. The smallest absolute Gasteiger partial charge is 0.411 e. The first kappa shape index (κ1) is 13.9. The summed E-state index contributed by atoms with van der Waals surface area (Å²) in [7, 11) is 1.33. The third-order valence-corrected chi connectivity index (χ3v) is 2.91. The van der Waals surface area contributed by atoms with Crippen molar-refractivity contribution in [2.24, 2.45) is 0 Å². The third-order valence-electron chi connectivity index (χ3n) is 2.91. The van der Waals surface area contributed by atoms with E-state index in [0.29, 0.717) is 5.69 Å². The van der Waals surface area contributed by atoms with Gasteiger partial charge in [-0.3, -0.25) is 10.3 Å². The summed E-state index contributed by atoms with van der Waals surface area (Å²) in [4.78, 5) is 15.1. The van der Waals surface area contributed by atoms with E-state index in [-0.39, 0.29) is 6.04 Å². The van der Waals surface area contributed by atoms with E-state index in [1.807, 2.05) is 36.4 Å². The highest BCUT2D eigenvalue weighted by atomic mass is 16.5. The summed E-state index contributed by atoms with van der Waals surface area (Å²) in [5.74, 6) is 0. The van der Waals surface area contributed by atoms with Gasteiger partial charge in [0.05, 0.1) is 7.11 Å². The monoisotopic (exact) mass is 271 g/mol. The van der Waals surface area contributed by atoms with Crippen molar-refractivity contribution >= 4 is 17.5 Å². The number of anilines is 2. The molecule has 0 aliphatic heterocycles. The van der Waals surface area contributed by atoms with Crippen LogP contribution < -0.4 is 10.6 Å². The lowest BCUT2D eigenvalue weighted by Gasteiger charge is -2.15. The standard InChI is InChI=1S/C15H17N3O2/c1-11(12-7-9-16-10-8-12)17-13-3-5-14(6-4-13)18-15(19)20-2/h3-11,17H,1-2H3,(H,18,19). The Morgan fingerprint density at radius 3 is 2.30 bits per heavy atom. The maximum absolute atomic E-state index is 11.1. The summed E-state index contributed by atoms with van der Waals surface area (Å²) < 4.78 is 4.54. The van der Waals surface area contributed by atoms with Gasteiger partial charge in [0.1, 0.15) is 0 Å². The number of rotatable bonds is 4. The predicted molar refractivity (Wildman–Crippen MR) is 78.7 cm³/mol. The van der Waals surface area contributed by atoms with Gasteiger partial charge in [-0.05, 0) is 48.9 Å². The van der Waals surface area contributed by atoms with Crippen LogP contribution in [0.1, 0.15) is 18.5 Å². The molecule has 2 rings (SSSR count). The number of hydrogen-bond acceptors (Lipinski definition) is 4. The molecule has 20 heavy (non-hydrogen) atoms. The zero-order valence-corrected chi connectivity index (χ0v) is 11.5. The number of carbonyl (C=O) groups is 1. The summed E-state index contributed by atoms with van der Waals surface area (Å²) in [6.45, 7) is 2.08. The quantitative estimate of drug-likeness (QED) is 0.894. The van der Waals surface area contributed by atoms with Gasteiger partial charge in [0.25, 0.3) is 0 Å². The highest BCUT2D eigenvalue weighted by molar-refractivity contribution is 5.84. The van der Waals surface area contributed by atoms with Crippen molar-refractivity contribution in [2.75, 3.05) is 17.7 Å². The van der Waals surface area contributed by atoms with E-state index in [1.54, 1.807) is 12.4 Å². The van der Waals surface area contributed by atoms with Crippen LogP contribution in [0.4, 0.5) is 16.2 Å². The highest BCUT2D eigenvalue weighted by Crippen LogP contribution is 2.20. The van der Waals surface area contributed by atoms with Crippen molar-refractivity contribution in [3.05, 3.63) is 54.4 Å². The Morgan fingerprint density at radius 2 is 1.70 bits per heavy atom. The molecule has 1 atom stereocenters. The van der Waals surface area contributed by atoms with Crippen LogP contribution in [0.2, 0.25) is 0 Å². The molecular weight excluding hydrogens is 254 g/mol. The third kappa shape index (κ3) is 3.71. The molecule has 0 fully saturated rings. The molecule has 0 saturated carbocycles. The van der Waals surface area contributed by atoms with Crippen LogP contribution in [0.3, 0.4) is 0 Å². The fraction of sp³-hybridized carbons (Fsp3) is 0.200. The normalized spacial score (nSPS) is 11.5. The van der Waals surface area contributed by atoms with Gasteiger partial charge < -0.3 is 10.1 Å². The van der Waals surface area contributed by atoms with Crippen LogP contribution in [0.25, 0.3) is 0 Å². The fourth-order valence-corrected chi connectivity index (χ4v) is 1.80. The second-order valence-corrected chi connectivity index (χ2v) is 4.34. The van der Waals surface area contributed by atoms with E-state index in [0.717, 1.165) is 11.3 Å². The highest BCUT2D eigenvalue weighted by Gasteiger charge is 2.05. The van der Waals surface area contributed by atoms with Crippen molar-refractivity contribution < 1.29 is 9.53 Å². The molecule has 0 saturated heterocycles. The molecule has 1 aromatic heterocycles. The van der Waals surface area contributed by atoms with Crippen LogP contribution in [0, 0.1) is 0 Å². The number of hydrogen-bond donors (Lipinski definition) is 2. The van der Waals surface area contributed by atoms with Crippen molar-refractivity contribution in [2.45, 2.75) is 13.0 Å². The van der Waals surface area contributed by atoms with E-state index in [2.05, 4.69) is 27.3 Å². The zero-order chi connectivity index (χ0) is 14.4. The number of aromatic nitrogens is 1. The summed E-state index contributed by atoms with van der Waals surface area (Å²) in [5.41, 5.74) is 2.83. The average Bonchev–Trinajstić information content (AvgIpc) is 2.50. The van der Waals surface area contributed by atoms with Gasteiger partial charge in [0.15, 0.2) is 0 Å². The lowest BCUT2D eigenvalue weighted by molar-refractivity contribution is 0.187. The molecule has 5 heteroatoms. The molecule has 0 bridgehead atoms. The molecule has 1 amide bonds. The molecule has 0 aliphatic carbocycles. The molecule has 0 spiro atoms. The van der Waals surface area contributed by atoms with Crippen LogP contribution in [-0.2, 0) is 4.74 Å². The fourth-order valence-electron chi connectivity index (χ4n) is 1.80. The minimum Gasteiger partial charge on any atom is -0.453 e. The minimum absolute atomic E-state index is 0.178. The number of nitrogens with one attached hydrogen (secondary N) is 2. The van der Waals surface area contributed by atoms with Crippen LogP contribution in [0.5, 0.6) is 0 Å². The minimum atomic E-state index is -0.476. The van der Waals surface area contributed by atoms with Gasteiger partial charge in [-0.1, -0.05) is 0 Å². The number of nitrogens with zero attached hydrogens (tertiary/aromatic N) is 1. The Morgan fingerprint density at radius 1 is 1.10 bits per heavy atom. The molecule has 104 valence electrons. The van der Waals surface area contributed by atoms with Crippen molar-refractivity contribution in [3.8, 4) is 0 Å². The Kier molecular flexibility index (Phi) is 4.55. The number of pyridine rings is 1. The second-order valence-electron chi connectivity index (χ2n) is 4.34. The number of ether oxygens (including phenoxy) is 1. The first-order valence-electron chi connectivity index (χ1n) is 6.30. The molecule has 5 nitrogen and oxygen atoms in total. The van der Waals surface area contributed by atoms with E-state index < -0.39 is 6.09 Å². The first-order chi connectivity index (χ1) is 9.69. The van der Waals surface area contributed by atoms with E-state index in [1.165, 1.54) is 7.11 Å². The molecule has 2 aromatic rings. The molecule has 2 N–H and O–H groups in total. The Bertz CT molecular complexity index is 555. The first-order valence-corrected chi connectivity index (χ1v) is 6.30. The average molecular weight is 271 g/mol.